The Balaban J connectivity index is 2.52. The first-order valence-corrected chi connectivity index (χ1v) is 7.24. The van der Waals surface area contributed by atoms with E-state index in [4.69, 9.17) is 17.3 Å². The third kappa shape index (κ3) is 2.75. The third-order valence-electron chi connectivity index (χ3n) is 3.50. The summed E-state index contributed by atoms with van der Waals surface area (Å²) in [4.78, 5) is 37.5. The minimum absolute atomic E-state index is 0.0115. The zero-order chi connectivity index (χ0) is 19.0. The van der Waals surface area contributed by atoms with Crippen molar-refractivity contribution < 1.29 is 19.8 Å². The molecule has 0 unspecified atom stereocenters. The monoisotopic (exact) mass is 376 g/mol. The van der Waals surface area contributed by atoms with Gasteiger partial charge in [-0.15, -0.1) is 5.10 Å². The number of aromatic carboxylic acids is 2. The van der Waals surface area contributed by atoms with Crippen LogP contribution in [0.2, 0.25) is 5.02 Å². The SMILES string of the molecule is Nc1[nH]c(=O)c(C(=O)O)c(-c2cc(Cl)ccc2-n2cnnn2)c1C(=O)O. The molecule has 12 heteroatoms. The van der Waals surface area contributed by atoms with Crippen LogP contribution in [0.4, 0.5) is 5.82 Å². The van der Waals surface area contributed by atoms with E-state index in [0.29, 0.717) is 0 Å². The zero-order valence-electron chi connectivity index (χ0n) is 12.7. The lowest BCUT2D eigenvalue weighted by Crippen LogP contribution is -2.24. The number of tetrazole rings is 1. The lowest BCUT2D eigenvalue weighted by atomic mass is 9.94. The average molecular weight is 377 g/mol. The number of anilines is 1. The summed E-state index contributed by atoms with van der Waals surface area (Å²) in [6.07, 6.45) is 1.21. The van der Waals surface area contributed by atoms with Crippen LogP contribution in [0.15, 0.2) is 29.3 Å². The number of carbonyl (C=O) groups is 2. The Kier molecular flexibility index (Phi) is 4.14. The molecule has 0 spiro atoms. The number of carboxylic acid groups (broad SMARTS) is 2. The zero-order valence-corrected chi connectivity index (χ0v) is 13.4. The standard InChI is InChI=1S/C14H9ClN6O5/c15-5-1-2-7(21-4-17-19-20-21)6(3-5)8-9(13(23)24)11(16)18-12(22)10(8)14(25)26/h1-4H,(H,23,24)(H,25,26)(H3,16,18,22). The molecule has 26 heavy (non-hydrogen) atoms. The van der Waals surface area contributed by atoms with E-state index in [1.807, 2.05) is 4.98 Å². The van der Waals surface area contributed by atoms with Gasteiger partial charge in [0.15, 0.2) is 0 Å². The fraction of sp³-hybridized carbons (Fsp3) is 0. The molecule has 2 heterocycles. The first-order valence-electron chi connectivity index (χ1n) is 6.87. The number of H-pyrrole nitrogens is 1. The molecule has 0 aliphatic rings. The first-order chi connectivity index (χ1) is 12.3. The van der Waals surface area contributed by atoms with Crippen LogP contribution in [0.25, 0.3) is 16.8 Å². The van der Waals surface area contributed by atoms with Gasteiger partial charge in [-0.25, -0.2) is 9.59 Å². The van der Waals surface area contributed by atoms with E-state index in [-0.39, 0.29) is 16.3 Å². The largest absolute Gasteiger partial charge is 0.478 e. The van der Waals surface area contributed by atoms with Crippen LogP contribution < -0.4 is 11.3 Å². The van der Waals surface area contributed by atoms with Crippen LogP contribution in [0, 0.1) is 0 Å². The van der Waals surface area contributed by atoms with E-state index in [9.17, 15) is 24.6 Å². The van der Waals surface area contributed by atoms with E-state index >= 15 is 0 Å². The summed E-state index contributed by atoms with van der Waals surface area (Å²) >= 11 is 6.00. The number of nitrogen functional groups attached to an aromatic ring is 1. The smallest absolute Gasteiger partial charge is 0.342 e. The number of nitrogens with two attached hydrogens (primary N) is 1. The molecule has 11 nitrogen and oxygen atoms in total. The van der Waals surface area contributed by atoms with Crippen molar-refractivity contribution in [2.75, 3.05) is 5.73 Å². The van der Waals surface area contributed by atoms with Crippen molar-refractivity contribution in [2.24, 2.45) is 0 Å². The second-order valence-electron chi connectivity index (χ2n) is 5.02. The Labute approximate surface area is 148 Å². The van der Waals surface area contributed by atoms with Crippen LogP contribution in [0.3, 0.4) is 0 Å². The van der Waals surface area contributed by atoms with Crippen molar-refractivity contribution in [1.29, 1.82) is 0 Å². The van der Waals surface area contributed by atoms with Gasteiger partial charge >= 0.3 is 11.9 Å². The number of pyridine rings is 1. The van der Waals surface area contributed by atoms with E-state index in [0.717, 1.165) is 0 Å². The second kappa shape index (κ2) is 6.29. The third-order valence-corrected chi connectivity index (χ3v) is 3.73. The summed E-state index contributed by atoms with van der Waals surface area (Å²) in [6.45, 7) is 0. The van der Waals surface area contributed by atoms with Crippen LogP contribution >= 0.6 is 11.6 Å². The highest BCUT2D eigenvalue weighted by Gasteiger charge is 2.28. The van der Waals surface area contributed by atoms with Crippen molar-refractivity contribution in [1.82, 2.24) is 25.2 Å². The Hall–Kier alpha value is -3.73. The second-order valence-corrected chi connectivity index (χ2v) is 5.46. The van der Waals surface area contributed by atoms with Crippen molar-refractivity contribution in [2.45, 2.75) is 0 Å². The van der Waals surface area contributed by atoms with Gasteiger partial charge in [-0.3, -0.25) is 4.79 Å². The van der Waals surface area contributed by atoms with E-state index in [2.05, 4.69) is 15.5 Å². The predicted octanol–water partition coefficient (Wildman–Crippen LogP) is 0.650. The van der Waals surface area contributed by atoms with Crippen LogP contribution in [-0.2, 0) is 0 Å². The summed E-state index contributed by atoms with van der Waals surface area (Å²) in [5, 5.41) is 29.8. The molecule has 0 fully saturated rings. The number of benzene rings is 1. The minimum Gasteiger partial charge on any atom is -0.478 e. The Morgan fingerprint density at radius 2 is 1.88 bits per heavy atom. The van der Waals surface area contributed by atoms with Gasteiger partial charge in [0.25, 0.3) is 5.56 Å². The van der Waals surface area contributed by atoms with E-state index in [1.165, 1.54) is 29.2 Å². The van der Waals surface area contributed by atoms with Crippen LogP contribution in [0.1, 0.15) is 20.7 Å². The van der Waals surface area contributed by atoms with Crippen molar-refractivity contribution >= 4 is 29.4 Å². The maximum absolute atomic E-state index is 12.1. The average Bonchev–Trinajstić information content (AvgIpc) is 3.07. The Morgan fingerprint density at radius 3 is 2.46 bits per heavy atom. The maximum Gasteiger partial charge on any atom is 0.342 e. The predicted molar refractivity (Wildman–Crippen MR) is 88.6 cm³/mol. The number of hydrogen-bond donors (Lipinski definition) is 4. The number of rotatable bonds is 4. The van der Waals surface area contributed by atoms with E-state index in [1.54, 1.807) is 0 Å². The number of aromatic amines is 1. The van der Waals surface area contributed by atoms with Crippen molar-refractivity contribution in [3.05, 3.63) is 51.0 Å². The quantitative estimate of drug-likeness (QED) is 0.508. The van der Waals surface area contributed by atoms with Gasteiger partial charge in [-0.2, -0.15) is 4.68 Å². The van der Waals surface area contributed by atoms with Gasteiger partial charge in [-0.05, 0) is 28.6 Å². The molecule has 1 aromatic carbocycles. The number of hydrogen-bond acceptors (Lipinski definition) is 7. The van der Waals surface area contributed by atoms with Gasteiger partial charge in [0.2, 0.25) is 0 Å². The molecule has 0 aliphatic heterocycles. The first kappa shape index (κ1) is 17.1. The highest BCUT2D eigenvalue weighted by atomic mass is 35.5. The number of nitrogens with zero attached hydrogens (tertiary/aromatic N) is 4. The summed E-state index contributed by atoms with van der Waals surface area (Å²) in [6, 6.07) is 4.22. The number of aromatic nitrogens is 5. The lowest BCUT2D eigenvalue weighted by molar-refractivity contribution is 0.0695. The topological polar surface area (TPSA) is 177 Å². The molecule has 0 saturated heterocycles. The van der Waals surface area contributed by atoms with Gasteiger partial charge in [0, 0.05) is 16.1 Å². The minimum atomic E-state index is -1.63. The molecule has 0 bridgehead atoms. The summed E-state index contributed by atoms with van der Waals surface area (Å²) in [7, 11) is 0. The molecule has 5 N–H and O–H groups in total. The van der Waals surface area contributed by atoms with Gasteiger partial charge in [-0.1, -0.05) is 11.6 Å². The number of halogens is 1. The molecule has 132 valence electrons. The van der Waals surface area contributed by atoms with Gasteiger partial charge < -0.3 is 20.9 Å². The molecule has 3 rings (SSSR count). The number of carboxylic acids is 2. The Morgan fingerprint density at radius 1 is 1.19 bits per heavy atom. The molecule has 0 atom stereocenters. The molecular weight excluding hydrogens is 368 g/mol. The Bertz CT molecular complexity index is 1090. The molecule has 0 aliphatic carbocycles. The molecule has 0 amide bonds. The summed E-state index contributed by atoms with van der Waals surface area (Å²) in [5.41, 5.74) is 3.00. The van der Waals surface area contributed by atoms with Crippen molar-refractivity contribution in [3.8, 4) is 16.8 Å². The molecule has 3 aromatic rings. The van der Waals surface area contributed by atoms with Crippen molar-refractivity contribution in [3.63, 3.8) is 0 Å². The van der Waals surface area contributed by atoms with Gasteiger partial charge in [0.05, 0.1) is 5.69 Å². The summed E-state index contributed by atoms with van der Waals surface area (Å²) in [5.74, 6) is -3.66. The highest BCUT2D eigenvalue weighted by Crippen LogP contribution is 2.35. The van der Waals surface area contributed by atoms with Crippen LogP contribution in [-0.4, -0.2) is 47.3 Å². The molecule has 2 aromatic heterocycles. The number of nitrogens with one attached hydrogen (secondary N) is 1. The molecule has 0 radical (unpaired) electrons. The maximum atomic E-state index is 12.1. The van der Waals surface area contributed by atoms with Crippen LogP contribution in [0.5, 0.6) is 0 Å². The fourth-order valence-corrected chi connectivity index (χ4v) is 2.67. The van der Waals surface area contributed by atoms with E-state index < -0.39 is 40.0 Å². The molecular formula is C14H9ClN6O5. The normalized spacial score (nSPS) is 10.7. The summed E-state index contributed by atoms with van der Waals surface area (Å²) < 4.78 is 1.17. The van der Waals surface area contributed by atoms with Gasteiger partial charge in [0.1, 0.15) is 23.3 Å². The fourth-order valence-electron chi connectivity index (χ4n) is 2.50. The highest BCUT2D eigenvalue weighted by molar-refractivity contribution is 6.31. The lowest BCUT2D eigenvalue weighted by Gasteiger charge is -2.15. The molecule has 0 saturated carbocycles.